The van der Waals surface area contributed by atoms with E-state index in [0.717, 1.165) is 39.4 Å². The molecule has 1 aliphatic rings. The van der Waals surface area contributed by atoms with Crippen LogP contribution in [-0.2, 0) is 22.4 Å². The lowest BCUT2D eigenvalue weighted by Gasteiger charge is -2.42. The third-order valence-electron chi connectivity index (χ3n) is 6.96. The Morgan fingerprint density at radius 2 is 1.86 bits per heavy atom. The number of ketones is 1. The molecule has 1 saturated heterocycles. The number of rotatable bonds is 9. The van der Waals surface area contributed by atoms with Gasteiger partial charge in [-0.3, -0.25) is 9.59 Å². The summed E-state index contributed by atoms with van der Waals surface area (Å²) in [5.74, 6) is 0.134. The van der Waals surface area contributed by atoms with Crippen LogP contribution in [0.5, 0.6) is 0 Å². The summed E-state index contributed by atoms with van der Waals surface area (Å²) in [5.41, 5.74) is 4.23. The molecule has 0 saturated carbocycles. The quantitative estimate of drug-likeness (QED) is 0.308. The molecular formula is C28H31ClN4O2. The van der Waals surface area contributed by atoms with Crippen molar-refractivity contribution in [3.8, 4) is 0 Å². The second-order valence-electron chi connectivity index (χ2n) is 9.76. The van der Waals surface area contributed by atoms with Crippen LogP contribution >= 0.6 is 11.6 Å². The molecule has 2 atom stereocenters. The number of nitrogens with one attached hydrogen (secondary N) is 3. The molecule has 0 spiro atoms. The number of carbonyl (C=O) groups excluding carboxylic acids is 2. The highest BCUT2D eigenvalue weighted by Crippen LogP contribution is 2.27. The molecule has 0 bridgehead atoms. The van der Waals surface area contributed by atoms with E-state index < -0.39 is 0 Å². The zero-order valence-corrected chi connectivity index (χ0v) is 20.9. The van der Waals surface area contributed by atoms with Gasteiger partial charge in [0.25, 0.3) is 0 Å². The minimum Gasteiger partial charge on any atom is -0.361 e. The molecule has 4 aromatic rings. The number of aromatic amines is 2. The monoisotopic (exact) mass is 490 g/mol. The third-order valence-corrected chi connectivity index (χ3v) is 7.27. The molecule has 1 amide bonds. The van der Waals surface area contributed by atoms with Gasteiger partial charge in [0.1, 0.15) is 0 Å². The van der Waals surface area contributed by atoms with Crippen molar-refractivity contribution >= 4 is 45.1 Å². The van der Waals surface area contributed by atoms with Gasteiger partial charge in [0, 0.05) is 53.2 Å². The van der Waals surface area contributed by atoms with Crippen LogP contribution in [0, 0.1) is 0 Å². The lowest BCUT2D eigenvalue weighted by atomic mass is 9.92. The Labute approximate surface area is 210 Å². The molecule has 1 fully saturated rings. The first-order chi connectivity index (χ1) is 16.9. The fourth-order valence-corrected chi connectivity index (χ4v) is 5.26. The average Bonchev–Trinajstić information content (AvgIpc) is 3.39. The maximum atomic E-state index is 13.5. The highest BCUT2D eigenvalue weighted by molar-refractivity contribution is 6.35. The topological polar surface area (TPSA) is 81.0 Å². The molecule has 5 rings (SSSR count). The second kappa shape index (κ2) is 9.88. The summed E-state index contributed by atoms with van der Waals surface area (Å²) < 4.78 is 0. The van der Waals surface area contributed by atoms with Crippen LogP contribution in [0.1, 0.15) is 37.8 Å². The maximum Gasteiger partial charge on any atom is 0.240 e. The highest BCUT2D eigenvalue weighted by atomic mass is 35.5. The smallest absolute Gasteiger partial charge is 0.240 e. The molecule has 0 unspecified atom stereocenters. The Morgan fingerprint density at radius 1 is 1.09 bits per heavy atom. The summed E-state index contributed by atoms with van der Waals surface area (Å²) >= 11 is 6.24. The van der Waals surface area contributed by atoms with Crippen LogP contribution in [0.4, 0.5) is 0 Å². The number of carbonyl (C=O) groups is 2. The van der Waals surface area contributed by atoms with Crippen LogP contribution in [0.2, 0.25) is 5.02 Å². The summed E-state index contributed by atoms with van der Waals surface area (Å²) in [6.07, 6.45) is 6.12. The number of likely N-dealkylation sites (tertiary alicyclic amines) is 1. The van der Waals surface area contributed by atoms with Gasteiger partial charge >= 0.3 is 0 Å². The van der Waals surface area contributed by atoms with Gasteiger partial charge in [-0.05, 0) is 48.6 Å². The van der Waals surface area contributed by atoms with E-state index in [9.17, 15) is 9.59 Å². The fourth-order valence-electron chi connectivity index (χ4n) is 5.05. The first kappa shape index (κ1) is 23.6. The minimum atomic E-state index is -0.372. The van der Waals surface area contributed by atoms with E-state index in [1.54, 1.807) is 11.1 Å². The molecule has 2 aromatic heterocycles. The van der Waals surface area contributed by atoms with Gasteiger partial charge in [0.15, 0.2) is 5.78 Å². The molecule has 3 heterocycles. The standard InChI is InChI=1S/C28H31ClN4O2/c1-17(2)32-25(14-19-15-30-23-6-4-3-5-20(19)23)28(35)33-12-11-26(33)27(34)10-8-18-7-9-24-21(13-18)22(29)16-31-24/h3-7,9,13,15-17,25-26,30-32H,8,10-12,14H2,1-2H3/t25-,26+/m1/s1. The highest BCUT2D eigenvalue weighted by Gasteiger charge is 2.39. The van der Waals surface area contributed by atoms with E-state index in [4.69, 9.17) is 11.6 Å². The molecule has 6 nitrogen and oxygen atoms in total. The van der Waals surface area contributed by atoms with E-state index in [-0.39, 0.29) is 29.8 Å². The first-order valence-electron chi connectivity index (χ1n) is 12.3. The molecule has 35 heavy (non-hydrogen) atoms. The lowest BCUT2D eigenvalue weighted by Crippen LogP contribution is -2.61. The SMILES string of the molecule is CC(C)N[C@H](Cc1c[nH]c2ccccc12)C(=O)N1CC[C@H]1C(=O)CCc1ccc2[nH]cc(Cl)c2c1. The summed E-state index contributed by atoms with van der Waals surface area (Å²) in [7, 11) is 0. The Morgan fingerprint density at radius 3 is 2.63 bits per heavy atom. The van der Waals surface area contributed by atoms with Crippen molar-refractivity contribution in [3.63, 3.8) is 0 Å². The minimum absolute atomic E-state index is 0.00843. The maximum absolute atomic E-state index is 13.5. The number of amides is 1. The van der Waals surface area contributed by atoms with Crippen molar-refractivity contribution in [2.45, 2.75) is 57.7 Å². The van der Waals surface area contributed by atoms with Gasteiger partial charge in [0.2, 0.25) is 5.91 Å². The lowest BCUT2D eigenvalue weighted by molar-refractivity contribution is -0.148. The molecule has 0 radical (unpaired) electrons. The predicted octanol–water partition coefficient (Wildman–Crippen LogP) is 5.01. The van der Waals surface area contributed by atoms with Crippen molar-refractivity contribution in [3.05, 3.63) is 71.0 Å². The van der Waals surface area contributed by atoms with Gasteiger partial charge in [-0.1, -0.05) is 49.7 Å². The van der Waals surface area contributed by atoms with E-state index in [0.29, 0.717) is 30.8 Å². The second-order valence-corrected chi connectivity index (χ2v) is 10.2. The molecular weight excluding hydrogens is 460 g/mol. The number of para-hydroxylation sites is 1. The molecule has 3 N–H and O–H groups in total. The number of aryl methyl sites for hydroxylation is 1. The number of fused-ring (bicyclic) bond motifs is 2. The van der Waals surface area contributed by atoms with Gasteiger partial charge < -0.3 is 20.2 Å². The number of nitrogens with zero attached hydrogens (tertiary/aromatic N) is 1. The third kappa shape index (κ3) is 4.86. The van der Waals surface area contributed by atoms with Gasteiger partial charge in [-0.15, -0.1) is 0 Å². The van der Waals surface area contributed by atoms with Crippen LogP contribution < -0.4 is 5.32 Å². The Hall–Kier alpha value is -3.09. The van der Waals surface area contributed by atoms with Gasteiger partial charge in [-0.2, -0.15) is 0 Å². The van der Waals surface area contributed by atoms with E-state index in [1.807, 2.05) is 56.4 Å². The molecule has 7 heteroatoms. The van der Waals surface area contributed by atoms with Crippen molar-refractivity contribution in [1.29, 1.82) is 0 Å². The fraction of sp³-hybridized carbons (Fsp3) is 0.357. The Balaban J connectivity index is 1.25. The van der Waals surface area contributed by atoms with Gasteiger partial charge in [0.05, 0.1) is 17.1 Å². The van der Waals surface area contributed by atoms with Crippen LogP contribution in [-0.4, -0.2) is 51.2 Å². The van der Waals surface area contributed by atoms with Crippen molar-refractivity contribution in [1.82, 2.24) is 20.2 Å². The summed E-state index contributed by atoms with van der Waals surface area (Å²) in [4.78, 5) is 34.8. The van der Waals surface area contributed by atoms with Gasteiger partial charge in [-0.25, -0.2) is 0 Å². The molecule has 2 aromatic carbocycles. The largest absolute Gasteiger partial charge is 0.361 e. The summed E-state index contributed by atoms with van der Waals surface area (Å²) in [5, 5.41) is 6.22. The van der Waals surface area contributed by atoms with E-state index in [1.165, 1.54) is 0 Å². The number of benzene rings is 2. The van der Waals surface area contributed by atoms with E-state index in [2.05, 4.69) is 21.4 Å². The normalized spacial score (nSPS) is 16.7. The number of hydrogen-bond acceptors (Lipinski definition) is 3. The van der Waals surface area contributed by atoms with Crippen LogP contribution in [0.15, 0.2) is 54.9 Å². The van der Waals surface area contributed by atoms with E-state index >= 15 is 0 Å². The molecule has 0 aliphatic carbocycles. The van der Waals surface area contributed by atoms with Crippen LogP contribution in [0.25, 0.3) is 21.8 Å². The number of aromatic nitrogens is 2. The Bertz CT molecular complexity index is 1370. The zero-order chi connectivity index (χ0) is 24.5. The van der Waals surface area contributed by atoms with Crippen molar-refractivity contribution in [2.24, 2.45) is 0 Å². The number of Topliss-reactive ketones (excluding diaryl/α,β-unsaturated/α-hetero) is 1. The molecule has 182 valence electrons. The van der Waals surface area contributed by atoms with Crippen molar-refractivity contribution in [2.75, 3.05) is 6.54 Å². The molecule has 1 aliphatic heterocycles. The predicted molar refractivity (Wildman–Crippen MR) is 141 cm³/mol. The zero-order valence-electron chi connectivity index (χ0n) is 20.1. The average molecular weight is 491 g/mol. The Kier molecular flexibility index (Phi) is 6.67. The number of hydrogen-bond donors (Lipinski definition) is 3. The van der Waals surface area contributed by atoms with Crippen molar-refractivity contribution < 1.29 is 9.59 Å². The summed E-state index contributed by atoms with van der Waals surface area (Å²) in [6.45, 7) is 4.72. The number of H-pyrrole nitrogens is 2. The first-order valence-corrected chi connectivity index (χ1v) is 12.7. The van der Waals surface area contributed by atoms with Crippen LogP contribution in [0.3, 0.4) is 0 Å². The number of halogens is 1. The summed E-state index contributed by atoms with van der Waals surface area (Å²) in [6, 6.07) is 13.6.